The van der Waals surface area contributed by atoms with E-state index in [0.29, 0.717) is 17.0 Å². The number of aromatic nitrogens is 2. The molecule has 0 saturated carbocycles. The number of aliphatic hydroxyl groups excluding tert-OH is 1. The van der Waals surface area contributed by atoms with Crippen LogP contribution in [0.2, 0.25) is 5.02 Å². The van der Waals surface area contributed by atoms with Crippen LogP contribution in [0.4, 0.5) is 4.39 Å². The van der Waals surface area contributed by atoms with Crippen LogP contribution in [0, 0.1) is 5.82 Å². The molecule has 0 radical (unpaired) electrons. The number of benzene rings is 1. The second kappa shape index (κ2) is 5.81. The molecule has 0 fully saturated rings. The highest BCUT2D eigenvalue weighted by Gasteiger charge is 2.23. The van der Waals surface area contributed by atoms with Crippen LogP contribution >= 0.6 is 11.6 Å². The Kier molecular flexibility index (Phi) is 4.30. The standard InChI is InChI=1S/C14H16ClFN2O2/c1-8(2)18-13(12(20-3)7-17-18)14(19)9-4-10(15)6-11(16)5-9/h4-8,14,19H,1-3H3. The molecule has 1 atom stereocenters. The summed E-state index contributed by atoms with van der Waals surface area (Å²) < 4.78 is 20.3. The van der Waals surface area contributed by atoms with Gasteiger partial charge >= 0.3 is 0 Å². The summed E-state index contributed by atoms with van der Waals surface area (Å²) in [6.45, 7) is 3.86. The van der Waals surface area contributed by atoms with Gasteiger partial charge in [0.2, 0.25) is 0 Å². The van der Waals surface area contributed by atoms with Crippen molar-refractivity contribution >= 4 is 11.6 Å². The lowest BCUT2D eigenvalue weighted by Crippen LogP contribution is -2.13. The Labute approximate surface area is 121 Å². The zero-order valence-electron chi connectivity index (χ0n) is 11.5. The molecule has 1 unspecified atom stereocenters. The Morgan fingerprint density at radius 2 is 2.05 bits per heavy atom. The number of nitrogens with zero attached hydrogens (tertiary/aromatic N) is 2. The van der Waals surface area contributed by atoms with E-state index in [0.717, 1.165) is 0 Å². The highest BCUT2D eigenvalue weighted by Crippen LogP contribution is 2.33. The van der Waals surface area contributed by atoms with Crippen molar-refractivity contribution in [2.75, 3.05) is 7.11 Å². The Hall–Kier alpha value is -1.59. The molecule has 0 spiro atoms. The number of aliphatic hydroxyl groups is 1. The van der Waals surface area contributed by atoms with Crippen LogP contribution in [0.5, 0.6) is 5.75 Å². The highest BCUT2D eigenvalue weighted by atomic mass is 35.5. The molecule has 1 heterocycles. The molecule has 0 saturated heterocycles. The summed E-state index contributed by atoms with van der Waals surface area (Å²) in [6.07, 6.45) is 0.461. The van der Waals surface area contributed by atoms with E-state index in [-0.39, 0.29) is 11.1 Å². The van der Waals surface area contributed by atoms with Gasteiger partial charge < -0.3 is 9.84 Å². The van der Waals surface area contributed by atoms with Gasteiger partial charge in [-0.15, -0.1) is 0 Å². The maximum Gasteiger partial charge on any atom is 0.163 e. The fraction of sp³-hybridized carbons (Fsp3) is 0.357. The van der Waals surface area contributed by atoms with Crippen molar-refractivity contribution in [3.05, 3.63) is 46.5 Å². The largest absolute Gasteiger partial charge is 0.493 e. The van der Waals surface area contributed by atoms with E-state index in [1.807, 2.05) is 13.8 Å². The Morgan fingerprint density at radius 1 is 1.35 bits per heavy atom. The predicted molar refractivity (Wildman–Crippen MR) is 74.6 cm³/mol. The van der Waals surface area contributed by atoms with E-state index in [4.69, 9.17) is 16.3 Å². The van der Waals surface area contributed by atoms with E-state index in [2.05, 4.69) is 5.10 Å². The maximum absolute atomic E-state index is 13.4. The molecule has 108 valence electrons. The minimum Gasteiger partial charge on any atom is -0.493 e. The van der Waals surface area contributed by atoms with E-state index in [9.17, 15) is 9.50 Å². The normalized spacial score (nSPS) is 12.8. The van der Waals surface area contributed by atoms with Gasteiger partial charge in [0.25, 0.3) is 0 Å². The summed E-state index contributed by atoms with van der Waals surface area (Å²) in [5, 5.41) is 14.9. The Bertz CT molecular complexity index is 593. The van der Waals surface area contributed by atoms with Crippen LogP contribution in [0.3, 0.4) is 0 Å². The summed E-state index contributed by atoms with van der Waals surface area (Å²) in [7, 11) is 1.50. The molecule has 0 aliphatic carbocycles. The highest BCUT2D eigenvalue weighted by molar-refractivity contribution is 6.30. The zero-order valence-corrected chi connectivity index (χ0v) is 12.2. The van der Waals surface area contributed by atoms with Gasteiger partial charge in [-0.05, 0) is 37.6 Å². The average Bonchev–Trinajstić information content (AvgIpc) is 2.80. The molecule has 0 aliphatic heterocycles. The quantitative estimate of drug-likeness (QED) is 0.941. The van der Waals surface area contributed by atoms with Gasteiger partial charge in [0.1, 0.15) is 17.6 Å². The molecule has 4 nitrogen and oxygen atoms in total. The molecule has 6 heteroatoms. The van der Waals surface area contributed by atoms with Gasteiger partial charge in [0.15, 0.2) is 5.75 Å². The SMILES string of the molecule is COc1cnn(C(C)C)c1C(O)c1cc(F)cc(Cl)c1. The molecule has 0 bridgehead atoms. The number of hydrogen-bond acceptors (Lipinski definition) is 3. The molecular formula is C14H16ClFN2O2. The summed E-state index contributed by atoms with van der Waals surface area (Å²) in [5.74, 6) is -0.0484. The molecule has 20 heavy (non-hydrogen) atoms. The van der Waals surface area contributed by atoms with Crippen molar-refractivity contribution in [2.45, 2.75) is 26.0 Å². The summed E-state index contributed by atoms with van der Waals surface area (Å²) >= 11 is 5.83. The first kappa shape index (κ1) is 14.8. The van der Waals surface area contributed by atoms with Gasteiger partial charge in [-0.1, -0.05) is 11.6 Å². The number of rotatable bonds is 4. The second-order valence-corrected chi connectivity index (χ2v) is 5.18. The van der Waals surface area contributed by atoms with Gasteiger partial charge in [0, 0.05) is 11.1 Å². The van der Waals surface area contributed by atoms with Crippen molar-refractivity contribution in [1.29, 1.82) is 0 Å². The Balaban J connectivity index is 2.51. The van der Waals surface area contributed by atoms with Crippen LogP contribution in [0.15, 0.2) is 24.4 Å². The molecule has 2 aromatic rings. The zero-order chi connectivity index (χ0) is 14.9. The van der Waals surface area contributed by atoms with E-state index >= 15 is 0 Å². The molecule has 1 aromatic carbocycles. The lowest BCUT2D eigenvalue weighted by atomic mass is 10.1. The molecule has 2 rings (SSSR count). The Morgan fingerprint density at radius 3 is 2.60 bits per heavy atom. The molecular weight excluding hydrogens is 283 g/mol. The minimum atomic E-state index is -1.07. The van der Waals surface area contributed by atoms with Crippen LogP contribution in [-0.4, -0.2) is 22.0 Å². The summed E-state index contributed by atoms with van der Waals surface area (Å²) in [6, 6.07) is 3.99. The number of halogens is 2. The summed E-state index contributed by atoms with van der Waals surface area (Å²) in [4.78, 5) is 0. The topological polar surface area (TPSA) is 47.3 Å². The predicted octanol–water partition coefficient (Wildman–Crippen LogP) is 3.35. The van der Waals surface area contributed by atoms with Gasteiger partial charge in [-0.2, -0.15) is 5.10 Å². The van der Waals surface area contributed by atoms with Crippen molar-refractivity contribution in [2.24, 2.45) is 0 Å². The first-order valence-electron chi connectivity index (χ1n) is 6.19. The molecule has 1 aromatic heterocycles. The van der Waals surface area contributed by atoms with Crippen molar-refractivity contribution in [1.82, 2.24) is 9.78 Å². The first-order valence-corrected chi connectivity index (χ1v) is 6.57. The first-order chi connectivity index (χ1) is 9.43. The van der Waals surface area contributed by atoms with E-state index < -0.39 is 11.9 Å². The van der Waals surface area contributed by atoms with Crippen molar-refractivity contribution in [3.63, 3.8) is 0 Å². The van der Waals surface area contributed by atoms with Gasteiger partial charge in [-0.3, -0.25) is 4.68 Å². The number of ether oxygens (including phenoxy) is 1. The van der Waals surface area contributed by atoms with Crippen LogP contribution in [0.1, 0.15) is 37.3 Å². The third kappa shape index (κ3) is 2.78. The fourth-order valence-electron chi connectivity index (χ4n) is 2.08. The smallest absolute Gasteiger partial charge is 0.163 e. The minimum absolute atomic E-state index is 0.0348. The molecule has 1 N–H and O–H groups in total. The number of methoxy groups -OCH3 is 1. The van der Waals surface area contributed by atoms with Crippen LogP contribution in [0.25, 0.3) is 0 Å². The lowest BCUT2D eigenvalue weighted by molar-refractivity contribution is 0.199. The fourth-order valence-corrected chi connectivity index (χ4v) is 2.31. The maximum atomic E-state index is 13.4. The van der Waals surface area contributed by atoms with Crippen molar-refractivity contribution in [3.8, 4) is 5.75 Å². The van der Waals surface area contributed by atoms with Crippen molar-refractivity contribution < 1.29 is 14.2 Å². The molecule has 0 aliphatic rings. The molecule has 0 amide bonds. The van der Waals surface area contributed by atoms with E-state index in [1.165, 1.54) is 31.5 Å². The monoisotopic (exact) mass is 298 g/mol. The van der Waals surface area contributed by atoms with Gasteiger partial charge in [0.05, 0.1) is 13.3 Å². The summed E-state index contributed by atoms with van der Waals surface area (Å²) in [5.41, 5.74) is 0.833. The lowest BCUT2D eigenvalue weighted by Gasteiger charge is -2.17. The number of hydrogen-bond donors (Lipinski definition) is 1. The van der Waals surface area contributed by atoms with Crippen LogP contribution in [-0.2, 0) is 0 Å². The van der Waals surface area contributed by atoms with Gasteiger partial charge in [-0.25, -0.2) is 4.39 Å². The third-order valence-electron chi connectivity index (χ3n) is 2.97. The second-order valence-electron chi connectivity index (χ2n) is 4.74. The van der Waals surface area contributed by atoms with E-state index in [1.54, 1.807) is 4.68 Å². The average molecular weight is 299 g/mol. The van der Waals surface area contributed by atoms with Crippen LogP contribution < -0.4 is 4.74 Å². The third-order valence-corrected chi connectivity index (χ3v) is 3.19.